The van der Waals surface area contributed by atoms with E-state index < -0.39 is 0 Å². The number of methoxy groups -OCH3 is 1. The molecule has 2 fully saturated rings. The first-order chi connectivity index (χ1) is 14.7. The van der Waals surface area contributed by atoms with E-state index in [0.29, 0.717) is 23.1 Å². The van der Waals surface area contributed by atoms with E-state index in [0.717, 1.165) is 68.6 Å². The van der Waals surface area contributed by atoms with Gasteiger partial charge in [0.25, 0.3) is 0 Å². The lowest BCUT2D eigenvalue weighted by atomic mass is 9.79. The molecule has 2 aromatic rings. The van der Waals surface area contributed by atoms with E-state index in [-0.39, 0.29) is 5.92 Å². The Morgan fingerprint density at radius 1 is 1.23 bits per heavy atom. The Bertz CT molecular complexity index is 888. The number of para-hydroxylation sites is 1. The maximum Gasteiger partial charge on any atom is 0.168 e. The first-order valence-corrected chi connectivity index (χ1v) is 10.8. The van der Waals surface area contributed by atoms with Crippen molar-refractivity contribution in [3.8, 4) is 0 Å². The summed E-state index contributed by atoms with van der Waals surface area (Å²) in [5.74, 6) is 1.45. The number of hydrogen-bond acceptors (Lipinski definition) is 6. The Kier molecular flexibility index (Phi) is 6.43. The predicted molar refractivity (Wildman–Crippen MR) is 120 cm³/mol. The Balaban J connectivity index is 1.72. The standard InChI is InChI=1S/C24H30N4O2/c1-30-16-17-10-12-28(13-11-17)21-14-20(15-29)27-24(26-19-8-3-2-4-9-19)22(21)23(25)18-6-5-7-18/h2-4,8-9,14-15,17-18,25H,5-7,10-13,16H2,1H3,(H,26,27). The summed E-state index contributed by atoms with van der Waals surface area (Å²) in [7, 11) is 1.76. The molecule has 4 rings (SSSR count). The number of rotatable bonds is 8. The van der Waals surface area contributed by atoms with Crippen LogP contribution in [0.1, 0.15) is 48.2 Å². The van der Waals surface area contributed by atoms with E-state index in [1.165, 1.54) is 6.42 Å². The van der Waals surface area contributed by atoms with Crippen molar-refractivity contribution in [2.75, 3.05) is 37.0 Å². The third-order valence-electron chi connectivity index (χ3n) is 6.32. The summed E-state index contributed by atoms with van der Waals surface area (Å²) in [6.07, 6.45) is 6.16. The van der Waals surface area contributed by atoms with Gasteiger partial charge in [0.05, 0.1) is 11.3 Å². The van der Waals surface area contributed by atoms with Gasteiger partial charge in [-0.15, -0.1) is 0 Å². The molecule has 1 saturated carbocycles. The molecular weight excluding hydrogens is 376 g/mol. The quantitative estimate of drug-likeness (QED) is 0.492. The number of carbonyl (C=O) groups excluding carboxylic acids is 1. The highest BCUT2D eigenvalue weighted by atomic mass is 16.5. The number of pyridine rings is 1. The van der Waals surface area contributed by atoms with Crippen LogP contribution in [0.5, 0.6) is 0 Å². The Morgan fingerprint density at radius 2 is 1.97 bits per heavy atom. The van der Waals surface area contributed by atoms with Gasteiger partial charge in [-0.3, -0.25) is 4.79 Å². The number of hydrogen-bond donors (Lipinski definition) is 2. The minimum absolute atomic E-state index is 0.273. The van der Waals surface area contributed by atoms with Crippen LogP contribution >= 0.6 is 0 Å². The average Bonchev–Trinajstić information content (AvgIpc) is 2.73. The molecule has 1 aliphatic heterocycles. The normalized spacial score (nSPS) is 17.4. The maximum atomic E-state index is 11.7. The molecule has 0 spiro atoms. The summed E-state index contributed by atoms with van der Waals surface area (Å²) in [6.45, 7) is 2.58. The highest BCUT2D eigenvalue weighted by Gasteiger charge is 2.30. The van der Waals surface area contributed by atoms with Crippen molar-refractivity contribution in [1.82, 2.24) is 4.98 Å². The largest absolute Gasteiger partial charge is 0.384 e. The van der Waals surface area contributed by atoms with Gasteiger partial charge in [-0.05, 0) is 49.8 Å². The van der Waals surface area contributed by atoms with Crippen molar-refractivity contribution in [2.45, 2.75) is 32.1 Å². The third-order valence-corrected chi connectivity index (χ3v) is 6.32. The number of anilines is 3. The molecule has 2 heterocycles. The molecule has 2 N–H and O–H groups in total. The molecule has 1 aromatic heterocycles. The van der Waals surface area contributed by atoms with Crippen LogP contribution in [-0.2, 0) is 4.74 Å². The van der Waals surface area contributed by atoms with Gasteiger partial charge in [-0.25, -0.2) is 4.98 Å². The molecule has 1 saturated heterocycles. The van der Waals surface area contributed by atoms with Crippen molar-refractivity contribution >= 4 is 29.2 Å². The lowest BCUT2D eigenvalue weighted by molar-refractivity contribution is 0.111. The summed E-state index contributed by atoms with van der Waals surface area (Å²) in [5, 5.41) is 12.4. The number of benzene rings is 1. The van der Waals surface area contributed by atoms with Crippen molar-refractivity contribution in [2.24, 2.45) is 11.8 Å². The second kappa shape index (κ2) is 9.39. The van der Waals surface area contributed by atoms with Gasteiger partial charge in [0, 0.05) is 44.1 Å². The molecule has 6 heteroatoms. The number of aromatic nitrogens is 1. The molecule has 1 aliphatic carbocycles. The summed E-state index contributed by atoms with van der Waals surface area (Å²) < 4.78 is 5.34. The Hall–Kier alpha value is -2.73. The van der Waals surface area contributed by atoms with Crippen molar-refractivity contribution < 1.29 is 9.53 Å². The van der Waals surface area contributed by atoms with Gasteiger partial charge < -0.3 is 20.4 Å². The van der Waals surface area contributed by atoms with Crippen molar-refractivity contribution in [3.63, 3.8) is 0 Å². The van der Waals surface area contributed by atoms with Crippen LogP contribution in [0.15, 0.2) is 36.4 Å². The number of nitrogens with one attached hydrogen (secondary N) is 2. The first-order valence-electron chi connectivity index (χ1n) is 10.8. The second-order valence-electron chi connectivity index (χ2n) is 8.33. The van der Waals surface area contributed by atoms with E-state index in [1.807, 2.05) is 36.4 Å². The number of carbonyl (C=O) groups is 1. The fraction of sp³-hybridized carbons (Fsp3) is 0.458. The molecule has 1 aromatic carbocycles. The van der Waals surface area contributed by atoms with Crippen LogP contribution < -0.4 is 10.2 Å². The summed E-state index contributed by atoms with van der Waals surface area (Å²) >= 11 is 0. The maximum absolute atomic E-state index is 11.7. The van der Waals surface area contributed by atoms with E-state index >= 15 is 0 Å². The van der Waals surface area contributed by atoms with E-state index in [1.54, 1.807) is 7.11 Å². The van der Waals surface area contributed by atoms with Crippen LogP contribution in [0.3, 0.4) is 0 Å². The van der Waals surface area contributed by atoms with Crippen LogP contribution in [0.2, 0.25) is 0 Å². The number of nitrogens with zero attached hydrogens (tertiary/aromatic N) is 2. The lowest BCUT2D eigenvalue weighted by Crippen LogP contribution is -2.37. The summed E-state index contributed by atoms with van der Waals surface area (Å²) in [5.41, 5.74) is 3.74. The Morgan fingerprint density at radius 3 is 2.57 bits per heavy atom. The van der Waals surface area contributed by atoms with Crippen LogP contribution in [0, 0.1) is 17.2 Å². The van der Waals surface area contributed by atoms with E-state index in [4.69, 9.17) is 10.1 Å². The minimum atomic E-state index is 0.273. The van der Waals surface area contributed by atoms with E-state index in [9.17, 15) is 4.79 Å². The molecule has 0 bridgehead atoms. The van der Waals surface area contributed by atoms with Gasteiger partial charge in [0.15, 0.2) is 6.29 Å². The molecule has 0 atom stereocenters. The lowest BCUT2D eigenvalue weighted by Gasteiger charge is -2.36. The van der Waals surface area contributed by atoms with Crippen molar-refractivity contribution in [3.05, 3.63) is 47.7 Å². The highest BCUT2D eigenvalue weighted by Crippen LogP contribution is 2.38. The van der Waals surface area contributed by atoms with Gasteiger partial charge in [0.1, 0.15) is 11.5 Å². The Labute approximate surface area is 178 Å². The fourth-order valence-corrected chi connectivity index (χ4v) is 4.35. The van der Waals surface area contributed by atoms with Crippen LogP contribution in [0.4, 0.5) is 17.2 Å². The highest BCUT2D eigenvalue weighted by molar-refractivity contribution is 6.09. The molecule has 158 valence electrons. The zero-order valence-electron chi connectivity index (χ0n) is 17.6. The number of piperidine rings is 1. The third kappa shape index (κ3) is 4.38. The summed E-state index contributed by atoms with van der Waals surface area (Å²) in [6, 6.07) is 11.7. The first kappa shape index (κ1) is 20.5. The fourth-order valence-electron chi connectivity index (χ4n) is 4.35. The van der Waals surface area contributed by atoms with Crippen LogP contribution in [-0.4, -0.2) is 43.8 Å². The predicted octanol–water partition coefficient (Wildman–Crippen LogP) is 4.67. The molecular formula is C24H30N4O2. The summed E-state index contributed by atoms with van der Waals surface area (Å²) in [4.78, 5) is 18.6. The second-order valence-corrected chi connectivity index (χ2v) is 8.33. The number of ether oxygens (including phenoxy) is 1. The zero-order chi connectivity index (χ0) is 20.9. The van der Waals surface area contributed by atoms with Gasteiger partial charge in [-0.1, -0.05) is 24.6 Å². The zero-order valence-corrected chi connectivity index (χ0v) is 17.6. The average molecular weight is 407 g/mol. The smallest absolute Gasteiger partial charge is 0.168 e. The van der Waals surface area contributed by atoms with Crippen molar-refractivity contribution in [1.29, 1.82) is 5.41 Å². The molecule has 0 unspecified atom stereocenters. The van der Waals surface area contributed by atoms with E-state index in [2.05, 4.69) is 15.2 Å². The van der Waals surface area contributed by atoms with Gasteiger partial charge >= 0.3 is 0 Å². The van der Waals surface area contributed by atoms with Gasteiger partial charge in [-0.2, -0.15) is 0 Å². The monoisotopic (exact) mass is 406 g/mol. The molecule has 6 nitrogen and oxygen atoms in total. The number of aldehydes is 1. The van der Waals surface area contributed by atoms with Gasteiger partial charge in [0.2, 0.25) is 0 Å². The topological polar surface area (TPSA) is 78.3 Å². The molecule has 30 heavy (non-hydrogen) atoms. The SMILES string of the molecule is COCC1CCN(c2cc(C=O)nc(Nc3ccccc3)c2C(=N)C2CCC2)CC1. The molecule has 0 radical (unpaired) electrons. The molecule has 0 amide bonds. The van der Waals surface area contributed by atoms with Crippen LogP contribution in [0.25, 0.3) is 0 Å². The molecule has 2 aliphatic rings. The minimum Gasteiger partial charge on any atom is -0.384 e.